The Labute approximate surface area is 222 Å². The van der Waals surface area contributed by atoms with Gasteiger partial charge in [0.15, 0.2) is 0 Å². The molecule has 0 aromatic heterocycles. The summed E-state index contributed by atoms with van der Waals surface area (Å²) in [6.45, 7) is 3.02. The molecule has 3 amide bonds. The van der Waals surface area contributed by atoms with Gasteiger partial charge in [0.1, 0.15) is 0 Å². The number of anilines is 1. The molecule has 0 spiro atoms. The van der Waals surface area contributed by atoms with E-state index in [2.05, 4.69) is 27.7 Å². The highest BCUT2D eigenvalue weighted by Crippen LogP contribution is 2.30. The molecule has 38 heavy (non-hydrogen) atoms. The average molecular weight is 531 g/mol. The van der Waals surface area contributed by atoms with Crippen molar-refractivity contribution in [3.8, 4) is 0 Å². The number of nitrogens with one attached hydrogen (secondary N) is 2. The highest BCUT2D eigenvalue weighted by Gasteiger charge is 2.31. The molecule has 6 nitrogen and oxygen atoms in total. The molecule has 2 N–H and O–H groups in total. The molecule has 4 rings (SSSR count). The molecule has 0 atom stereocenters. The Morgan fingerprint density at radius 1 is 0.895 bits per heavy atom. The van der Waals surface area contributed by atoms with E-state index in [4.69, 9.17) is 0 Å². The van der Waals surface area contributed by atoms with Crippen molar-refractivity contribution < 1.29 is 22.8 Å². The van der Waals surface area contributed by atoms with Crippen molar-refractivity contribution in [2.45, 2.75) is 76.2 Å². The normalized spacial score (nSPS) is 17.7. The molecule has 2 aromatic carbocycles. The van der Waals surface area contributed by atoms with Crippen LogP contribution in [-0.4, -0.2) is 53.5 Å². The van der Waals surface area contributed by atoms with E-state index < -0.39 is 11.7 Å². The predicted molar refractivity (Wildman–Crippen MR) is 142 cm³/mol. The standard InChI is InChI=1S/C29H37F3N4O2/c30-29(31,32)23-11-13-24(14-12-23)34-28(38)36(26-9-5-2-6-10-26)20-17-27(37)33-25-15-18-35(19-16-25)21-22-7-3-1-4-8-22/h1,3-4,7-8,11-14,25-26H,2,5-6,9-10,15-21H2,(H,33,37)(H,34,38). The van der Waals surface area contributed by atoms with Crippen LogP contribution in [0.3, 0.4) is 0 Å². The summed E-state index contributed by atoms with van der Waals surface area (Å²) < 4.78 is 38.6. The molecule has 0 radical (unpaired) electrons. The number of hydrogen-bond donors (Lipinski definition) is 2. The lowest BCUT2D eigenvalue weighted by Gasteiger charge is -2.35. The maximum absolute atomic E-state index is 13.1. The van der Waals surface area contributed by atoms with Crippen LogP contribution in [0, 0.1) is 0 Å². The number of benzene rings is 2. The number of rotatable bonds is 8. The fourth-order valence-corrected chi connectivity index (χ4v) is 5.38. The molecule has 1 saturated carbocycles. The van der Waals surface area contributed by atoms with Crippen LogP contribution in [0.1, 0.15) is 62.5 Å². The first-order chi connectivity index (χ1) is 18.3. The first-order valence-electron chi connectivity index (χ1n) is 13.6. The fraction of sp³-hybridized carbons (Fsp3) is 0.517. The summed E-state index contributed by atoms with van der Waals surface area (Å²) in [5.74, 6) is -0.0744. The molecule has 1 aliphatic carbocycles. The van der Waals surface area contributed by atoms with Crippen molar-refractivity contribution in [1.29, 1.82) is 0 Å². The Balaban J connectivity index is 1.27. The van der Waals surface area contributed by atoms with Crippen molar-refractivity contribution in [1.82, 2.24) is 15.1 Å². The summed E-state index contributed by atoms with van der Waals surface area (Å²) in [6, 6.07) is 14.6. The van der Waals surface area contributed by atoms with Crippen LogP contribution in [0.4, 0.5) is 23.7 Å². The third kappa shape index (κ3) is 8.21. The van der Waals surface area contributed by atoms with Gasteiger partial charge in [0.25, 0.3) is 0 Å². The molecule has 0 bridgehead atoms. The van der Waals surface area contributed by atoms with Gasteiger partial charge in [0.2, 0.25) is 5.91 Å². The van der Waals surface area contributed by atoms with Crippen LogP contribution in [0.2, 0.25) is 0 Å². The molecular formula is C29H37F3N4O2. The van der Waals surface area contributed by atoms with Gasteiger partial charge in [0, 0.05) is 50.4 Å². The summed E-state index contributed by atoms with van der Waals surface area (Å²) in [4.78, 5) is 30.0. The van der Waals surface area contributed by atoms with Gasteiger partial charge in [-0.25, -0.2) is 4.79 Å². The van der Waals surface area contributed by atoms with Gasteiger partial charge in [-0.05, 0) is 55.5 Å². The Morgan fingerprint density at radius 3 is 2.18 bits per heavy atom. The zero-order valence-corrected chi connectivity index (χ0v) is 21.7. The first-order valence-corrected chi connectivity index (χ1v) is 13.6. The summed E-state index contributed by atoms with van der Waals surface area (Å²) in [7, 11) is 0. The summed E-state index contributed by atoms with van der Waals surface area (Å²) >= 11 is 0. The maximum atomic E-state index is 13.1. The number of carbonyl (C=O) groups is 2. The van der Waals surface area contributed by atoms with Gasteiger partial charge in [-0.2, -0.15) is 13.2 Å². The molecule has 1 saturated heterocycles. The molecule has 2 aromatic rings. The number of amides is 3. The molecule has 1 heterocycles. The Kier molecular flexibility index (Phi) is 9.66. The second-order valence-corrected chi connectivity index (χ2v) is 10.3. The van der Waals surface area contributed by atoms with Crippen LogP contribution in [-0.2, 0) is 17.5 Å². The molecule has 1 aliphatic heterocycles. The van der Waals surface area contributed by atoms with Crippen LogP contribution >= 0.6 is 0 Å². The van der Waals surface area contributed by atoms with Crippen LogP contribution in [0.25, 0.3) is 0 Å². The monoisotopic (exact) mass is 530 g/mol. The van der Waals surface area contributed by atoms with Crippen molar-refractivity contribution in [3.63, 3.8) is 0 Å². The highest BCUT2D eigenvalue weighted by molar-refractivity contribution is 5.90. The van der Waals surface area contributed by atoms with E-state index in [0.717, 1.165) is 76.7 Å². The van der Waals surface area contributed by atoms with Crippen molar-refractivity contribution in [2.75, 3.05) is 25.0 Å². The molecule has 9 heteroatoms. The number of likely N-dealkylation sites (tertiary alicyclic amines) is 1. The van der Waals surface area contributed by atoms with Crippen molar-refractivity contribution in [2.24, 2.45) is 0 Å². The fourth-order valence-electron chi connectivity index (χ4n) is 5.38. The third-order valence-corrected chi connectivity index (χ3v) is 7.52. The van der Waals surface area contributed by atoms with E-state index in [0.29, 0.717) is 5.69 Å². The van der Waals surface area contributed by atoms with Gasteiger partial charge in [-0.15, -0.1) is 0 Å². The lowest BCUT2D eigenvalue weighted by atomic mass is 9.94. The largest absolute Gasteiger partial charge is 0.416 e. The van der Waals surface area contributed by atoms with E-state index in [1.54, 1.807) is 4.90 Å². The second kappa shape index (κ2) is 13.1. The Bertz CT molecular complexity index is 1030. The van der Waals surface area contributed by atoms with Crippen LogP contribution in [0.5, 0.6) is 0 Å². The number of carbonyl (C=O) groups excluding carboxylic acids is 2. The minimum Gasteiger partial charge on any atom is -0.353 e. The third-order valence-electron chi connectivity index (χ3n) is 7.52. The zero-order valence-electron chi connectivity index (χ0n) is 21.7. The van der Waals surface area contributed by atoms with Crippen LogP contribution in [0.15, 0.2) is 54.6 Å². The zero-order chi connectivity index (χ0) is 27.0. The molecule has 206 valence electrons. The summed E-state index contributed by atoms with van der Waals surface area (Å²) in [6.07, 6.45) is 2.42. The van der Waals surface area contributed by atoms with E-state index >= 15 is 0 Å². The lowest BCUT2D eigenvalue weighted by molar-refractivity contribution is -0.137. The van der Waals surface area contributed by atoms with E-state index in [-0.39, 0.29) is 37.0 Å². The van der Waals surface area contributed by atoms with E-state index in [1.165, 1.54) is 17.7 Å². The minimum absolute atomic E-state index is 0.0206. The van der Waals surface area contributed by atoms with Gasteiger partial charge >= 0.3 is 12.2 Å². The highest BCUT2D eigenvalue weighted by atomic mass is 19.4. The minimum atomic E-state index is -4.43. The van der Waals surface area contributed by atoms with Gasteiger partial charge < -0.3 is 15.5 Å². The number of piperidine rings is 1. The molecule has 0 unspecified atom stereocenters. The predicted octanol–water partition coefficient (Wildman–Crippen LogP) is 6.04. The molecule has 2 fully saturated rings. The number of alkyl halides is 3. The van der Waals surface area contributed by atoms with Crippen molar-refractivity contribution in [3.05, 3.63) is 65.7 Å². The lowest BCUT2D eigenvalue weighted by Crippen LogP contribution is -2.47. The first kappa shape index (κ1) is 28.0. The molecular weight excluding hydrogens is 493 g/mol. The SMILES string of the molecule is O=C(CCN(C(=O)Nc1ccc(C(F)(F)F)cc1)C1CCCCC1)NC1CCN(Cc2ccccc2)CC1. The van der Waals surface area contributed by atoms with Gasteiger partial charge in [-0.3, -0.25) is 9.69 Å². The second-order valence-electron chi connectivity index (χ2n) is 10.3. The quantitative estimate of drug-likeness (QED) is 0.437. The number of halogens is 3. The summed E-state index contributed by atoms with van der Waals surface area (Å²) in [5, 5.41) is 5.87. The average Bonchev–Trinajstić information content (AvgIpc) is 2.91. The number of nitrogens with zero attached hydrogens (tertiary/aromatic N) is 2. The Hall–Kier alpha value is -3.07. The van der Waals surface area contributed by atoms with E-state index in [9.17, 15) is 22.8 Å². The maximum Gasteiger partial charge on any atom is 0.416 e. The van der Waals surface area contributed by atoms with Gasteiger partial charge in [-0.1, -0.05) is 49.6 Å². The summed E-state index contributed by atoms with van der Waals surface area (Å²) in [5.41, 5.74) is 0.824. The topological polar surface area (TPSA) is 64.7 Å². The number of urea groups is 1. The number of hydrogen-bond acceptors (Lipinski definition) is 3. The van der Waals surface area contributed by atoms with E-state index in [1.807, 2.05) is 18.2 Å². The Morgan fingerprint density at radius 2 is 1.55 bits per heavy atom. The van der Waals surface area contributed by atoms with Gasteiger partial charge in [0.05, 0.1) is 5.56 Å². The smallest absolute Gasteiger partial charge is 0.353 e. The molecule has 2 aliphatic rings. The van der Waals surface area contributed by atoms with Crippen LogP contribution < -0.4 is 10.6 Å². The van der Waals surface area contributed by atoms with Crippen molar-refractivity contribution >= 4 is 17.6 Å².